The van der Waals surface area contributed by atoms with Crippen LogP contribution < -0.4 is 20.5 Å². The first kappa shape index (κ1) is 26.8. The molecule has 9 heteroatoms. The van der Waals surface area contributed by atoms with Gasteiger partial charge in [-0.1, -0.05) is 49.0 Å². The number of anilines is 2. The van der Waals surface area contributed by atoms with Gasteiger partial charge in [0.15, 0.2) is 0 Å². The van der Waals surface area contributed by atoms with Gasteiger partial charge in [0, 0.05) is 62.5 Å². The van der Waals surface area contributed by atoms with E-state index in [0.717, 1.165) is 42.1 Å². The molecule has 0 radical (unpaired) electrons. The Morgan fingerprint density at radius 3 is 2.90 bits per heavy atom. The fourth-order valence-electron chi connectivity index (χ4n) is 5.22. The second-order valence-electron chi connectivity index (χ2n) is 9.90. The molecular formula is C31H32N4O3S2. The van der Waals surface area contributed by atoms with Crippen molar-refractivity contribution in [2.75, 3.05) is 37.0 Å². The van der Waals surface area contributed by atoms with E-state index in [1.54, 1.807) is 25.6 Å². The van der Waals surface area contributed by atoms with Crippen LogP contribution in [0.4, 0.5) is 11.4 Å². The van der Waals surface area contributed by atoms with Gasteiger partial charge >= 0.3 is 0 Å². The Morgan fingerprint density at radius 1 is 1.12 bits per heavy atom. The van der Waals surface area contributed by atoms with Gasteiger partial charge in [-0.05, 0) is 53.9 Å². The summed E-state index contributed by atoms with van der Waals surface area (Å²) in [6, 6.07) is 19.0. The molecular weight excluding hydrogens is 541 g/mol. The lowest BCUT2D eigenvalue weighted by Crippen LogP contribution is -2.39. The number of hydrogen-bond donors (Lipinski definition) is 2. The quantitative estimate of drug-likeness (QED) is 0.207. The highest BCUT2D eigenvalue weighted by Crippen LogP contribution is 2.52. The van der Waals surface area contributed by atoms with Crippen molar-refractivity contribution in [3.63, 3.8) is 0 Å². The normalized spacial score (nSPS) is 17.1. The predicted octanol–water partition coefficient (Wildman–Crippen LogP) is 6.93. The number of nitrogens with one attached hydrogen (secondary N) is 2. The van der Waals surface area contributed by atoms with Crippen LogP contribution in [0.2, 0.25) is 0 Å². The zero-order chi connectivity index (χ0) is 27.5. The summed E-state index contributed by atoms with van der Waals surface area (Å²) in [6.07, 6.45) is 7.35. The van der Waals surface area contributed by atoms with Crippen molar-refractivity contribution in [2.24, 2.45) is 0 Å². The van der Waals surface area contributed by atoms with E-state index >= 15 is 0 Å². The number of methoxy groups -OCH3 is 1. The summed E-state index contributed by atoms with van der Waals surface area (Å²) < 4.78 is 11.7. The highest BCUT2D eigenvalue weighted by molar-refractivity contribution is 8.05. The van der Waals surface area contributed by atoms with Crippen LogP contribution in [0.3, 0.4) is 0 Å². The summed E-state index contributed by atoms with van der Waals surface area (Å²) in [6.45, 7) is 4.29. The van der Waals surface area contributed by atoms with E-state index < -0.39 is 0 Å². The first-order valence-corrected chi connectivity index (χ1v) is 15.2. The molecule has 2 aromatic heterocycles. The molecule has 2 aromatic carbocycles. The smallest absolute Gasteiger partial charge is 0.249 e. The maximum absolute atomic E-state index is 11.9. The van der Waals surface area contributed by atoms with E-state index in [1.165, 1.54) is 25.1 Å². The molecule has 0 amide bonds. The number of ether oxygens (including phenoxy) is 2. The summed E-state index contributed by atoms with van der Waals surface area (Å²) in [4.78, 5) is 26.2. The maximum Gasteiger partial charge on any atom is 0.249 e. The van der Waals surface area contributed by atoms with Crippen LogP contribution >= 0.6 is 23.5 Å². The van der Waals surface area contributed by atoms with E-state index in [1.807, 2.05) is 35.8 Å². The van der Waals surface area contributed by atoms with Crippen molar-refractivity contribution < 1.29 is 9.47 Å². The minimum absolute atomic E-state index is 0.0650. The van der Waals surface area contributed by atoms with Gasteiger partial charge in [0.05, 0.1) is 26.0 Å². The number of benzene rings is 2. The Morgan fingerprint density at radius 2 is 2.05 bits per heavy atom. The zero-order valence-electron chi connectivity index (χ0n) is 22.6. The number of hydrogen-bond acceptors (Lipinski definition) is 8. The van der Waals surface area contributed by atoms with Crippen LogP contribution in [-0.4, -0.2) is 36.8 Å². The molecule has 1 fully saturated rings. The second-order valence-corrected chi connectivity index (χ2v) is 12.0. The van der Waals surface area contributed by atoms with Gasteiger partial charge in [-0.2, -0.15) is 0 Å². The molecule has 40 heavy (non-hydrogen) atoms. The topological polar surface area (TPSA) is 79.5 Å². The number of morpholine rings is 1. The molecule has 4 heterocycles. The largest absolute Gasteiger partial charge is 0.495 e. The van der Waals surface area contributed by atoms with E-state index in [-0.39, 0.29) is 17.7 Å². The molecule has 7 nitrogen and oxygen atoms in total. The van der Waals surface area contributed by atoms with E-state index in [9.17, 15) is 4.79 Å². The van der Waals surface area contributed by atoms with E-state index in [0.29, 0.717) is 13.2 Å². The Kier molecular flexibility index (Phi) is 8.04. The number of H-pyrrole nitrogens is 1. The summed E-state index contributed by atoms with van der Waals surface area (Å²) in [5, 5.41) is 3.74. The molecule has 2 unspecified atom stereocenters. The highest BCUT2D eigenvalue weighted by Gasteiger charge is 2.28. The van der Waals surface area contributed by atoms with Gasteiger partial charge in [-0.3, -0.25) is 9.78 Å². The molecule has 6 rings (SSSR count). The van der Waals surface area contributed by atoms with Crippen LogP contribution in [0.15, 0.2) is 97.6 Å². The molecule has 2 N–H and O–H groups in total. The van der Waals surface area contributed by atoms with Gasteiger partial charge in [0.1, 0.15) is 11.9 Å². The number of pyridine rings is 2. The standard InChI is InChI=1S/C31H32N4O3S2/c1-3-5-25(20-14-23(37-2)18-32-17-20)34-21-8-9-27-29(15-21)39-28-7-4-6-24(31(28)40-27)26-19-35(12-13-38-26)22-10-11-33-30(36)16-22/h4,6-11,14-18,25-26,34H,3,5,12-13,19H2,1-2H3,(H,33,36). The summed E-state index contributed by atoms with van der Waals surface area (Å²) in [5.41, 5.74) is 4.26. The Balaban J connectivity index is 1.22. The summed E-state index contributed by atoms with van der Waals surface area (Å²) in [7, 11) is 1.67. The fourth-order valence-corrected chi connectivity index (χ4v) is 7.67. The van der Waals surface area contributed by atoms with E-state index in [4.69, 9.17) is 9.47 Å². The van der Waals surface area contributed by atoms with Gasteiger partial charge < -0.3 is 24.7 Å². The van der Waals surface area contributed by atoms with Crippen molar-refractivity contribution >= 4 is 34.9 Å². The van der Waals surface area contributed by atoms with Crippen LogP contribution in [0.5, 0.6) is 5.75 Å². The lowest BCUT2D eigenvalue weighted by Gasteiger charge is -2.36. The van der Waals surface area contributed by atoms with Crippen molar-refractivity contribution in [3.8, 4) is 5.75 Å². The number of nitrogens with zero attached hydrogens (tertiary/aromatic N) is 2. The molecule has 0 saturated carbocycles. The zero-order valence-corrected chi connectivity index (χ0v) is 24.2. The second kappa shape index (κ2) is 12.0. The minimum atomic E-state index is -0.0868. The Labute approximate surface area is 242 Å². The lowest BCUT2D eigenvalue weighted by atomic mass is 10.0. The lowest BCUT2D eigenvalue weighted by molar-refractivity contribution is 0.0379. The number of aromatic amines is 1. The maximum atomic E-state index is 11.9. The van der Waals surface area contributed by atoms with Crippen LogP contribution in [0.25, 0.3) is 0 Å². The number of rotatable bonds is 8. The van der Waals surface area contributed by atoms with Crippen molar-refractivity contribution in [1.29, 1.82) is 0 Å². The van der Waals surface area contributed by atoms with Gasteiger partial charge in [0.25, 0.3) is 0 Å². The summed E-state index contributed by atoms with van der Waals surface area (Å²) in [5.74, 6) is 0.771. The average molecular weight is 573 g/mol. The molecule has 0 aliphatic carbocycles. The SMILES string of the molecule is CCCC(Nc1ccc2c(c1)Sc1cccc(C3CN(c4cc[nH]c(=O)c4)CCO3)c1S2)c1cncc(OC)c1. The van der Waals surface area contributed by atoms with Crippen LogP contribution in [-0.2, 0) is 4.74 Å². The Bertz CT molecular complexity index is 1560. The van der Waals surface area contributed by atoms with Gasteiger partial charge in [-0.25, -0.2) is 0 Å². The molecule has 2 atom stereocenters. The van der Waals surface area contributed by atoms with Gasteiger partial charge in [-0.15, -0.1) is 0 Å². The number of aromatic nitrogens is 2. The van der Waals surface area contributed by atoms with Crippen molar-refractivity contribution in [1.82, 2.24) is 9.97 Å². The first-order valence-electron chi connectivity index (χ1n) is 13.5. The average Bonchev–Trinajstić information content (AvgIpc) is 2.99. The molecule has 2 aliphatic rings. The van der Waals surface area contributed by atoms with Crippen molar-refractivity contribution in [2.45, 2.75) is 51.5 Å². The molecule has 2 aliphatic heterocycles. The molecule has 1 saturated heterocycles. The fraction of sp³-hybridized carbons (Fsp3) is 0.290. The summed E-state index contributed by atoms with van der Waals surface area (Å²) >= 11 is 3.62. The van der Waals surface area contributed by atoms with Crippen LogP contribution in [0, 0.1) is 0 Å². The third-order valence-electron chi connectivity index (χ3n) is 7.21. The third kappa shape index (κ3) is 5.73. The first-order chi connectivity index (χ1) is 19.6. The molecule has 4 aromatic rings. The van der Waals surface area contributed by atoms with E-state index in [2.05, 4.69) is 69.6 Å². The molecule has 206 valence electrons. The molecule has 0 spiro atoms. The predicted molar refractivity (Wildman–Crippen MR) is 161 cm³/mol. The monoisotopic (exact) mass is 572 g/mol. The third-order valence-corrected chi connectivity index (χ3v) is 9.82. The Hall–Kier alpha value is -3.40. The van der Waals surface area contributed by atoms with Crippen molar-refractivity contribution in [3.05, 3.63) is 94.7 Å². The van der Waals surface area contributed by atoms with Crippen LogP contribution in [0.1, 0.15) is 43.0 Å². The number of fused-ring (bicyclic) bond motifs is 2. The van der Waals surface area contributed by atoms with Gasteiger partial charge in [0.2, 0.25) is 5.56 Å². The minimum Gasteiger partial charge on any atom is -0.495 e. The highest BCUT2D eigenvalue weighted by atomic mass is 32.2. The molecule has 0 bridgehead atoms.